The second kappa shape index (κ2) is 3.73. The van der Waals surface area contributed by atoms with E-state index in [1.165, 1.54) is 0 Å². The Labute approximate surface area is 78.7 Å². The minimum absolute atomic E-state index is 0.161. The molecule has 0 spiro atoms. The molecule has 0 saturated heterocycles. The molecule has 0 amide bonds. The molecule has 0 aliphatic heterocycles. The van der Waals surface area contributed by atoms with Gasteiger partial charge in [-0.05, 0) is 0 Å². The number of pyridine rings is 1. The molecule has 74 valence electrons. The van der Waals surface area contributed by atoms with E-state index in [2.05, 4.69) is 0 Å². The van der Waals surface area contributed by atoms with Crippen molar-refractivity contribution in [2.24, 2.45) is 0 Å². The lowest BCUT2D eigenvalue weighted by Gasteiger charge is -1.96. The summed E-state index contributed by atoms with van der Waals surface area (Å²) in [5.41, 5.74) is -0.161. The van der Waals surface area contributed by atoms with Gasteiger partial charge in [0.2, 0.25) is 12.7 Å². The van der Waals surface area contributed by atoms with Crippen LogP contribution in [0.4, 0.5) is 0 Å². The molecule has 0 aliphatic rings. The zero-order valence-electron chi connectivity index (χ0n) is 7.04. The van der Waals surface area contributed by atoms with Gasteiger partial charge in [0, 0.05) is 6.07 Å². The number of carbonyl (C=O) groups is 2. The first kappa shape index (κ1) is 9.97. The first-order chi connectivity index (χ1) is 6.49. The van der Waals surface area contributed by atoms with Crippen LogP contribution in [0.3, 0.4) is 0 Å². The van der Waals surface area contributed by atoms with Gasteiger partial charge in [0.05, 0.1) is 0 Å². The van der Waals surface area contributed by atoms with E-state index < -0.39 is 18.5 Å². The Morgan fingerprint density at radius 1 is 1.29 bits per heavy atom. The number of nitrogens with zero attached hydrogens (tertiary/aromatic N) is 1. The molecule has 6 nitrogen and oxygen atoms in total. The molecule has 0 unspecified atom stereocenters. The summed E-state index contributed by atoms with van der Waals surface area (Å²) in [5, 5.41) is 26.1. The molecule has 6 heteroatoms. The fourth-order valence-electron chi connectivity index (χ4n) is 0.984. The average molecular weight is 198 g/mol. The maximum Gasteiger partial charge on any atom is 0.370 e. The van der Waals surface area contributed by atoms with Crippen molar-refractivity contribution in [1.29, 1.82) is 0 Å². The predicted octanol–water partition coefficient (Wildman–Crippen LogP) is -0.538. The lowest BCUT2D eigenvalue weighted by atomic mass is 10.3. The van der Waals surface area contributed by atoms with Crippen molar-refractivity contribution in [3.05, 3.63) is 24.0 Å². The highest BCUT2D eigenvalue weighted by Gasteiger charge is 2.14. The minimum Gasteiger partial charge on any atom is -0.503 e. The van der Waals surface area contributed by atoms with Gasteiger partial charge in [-0.15, -0.1) is 0 Å². The fraction of sp³-hybridized carbons (Fsp3) is 0.125. The van der Waals surface area contributed by atoms with Gasteiger partial charge in [-0.1, -0.05) is 0 Å². The molecule has 3 N–H and O–H groups in total. The largest absolute Gasteiger partial charge is 0.503 e. The number of hydrogen-bond donors (Lipinski definition) is 3. The van der Waals surface area contributed by atoms with Gasteiger partial charge in [0.1, 0.15) is 5.56 Å². The topological polar surface area (TPSA) is 98.7 Å². The number of aromatic nitrogens is 1. The second-order valence-corrected chi connectivity index (χ2v) is 2.65. The molecule has 0 fully saturated rings. The van der Waals surface area contributed by atoms with Gasteiger partial charge >= 0.3 is 11.9 Å². The summed E-state index contributed by atoms with van der Waals surface area (Å²) >= 11 is 0. The third-order valence-corrected chi connectivity index (χ3v) is 1.47. The smallest absolute Gasteiger partial charge is 0.370 e. The Hall–Kier alpha value is -2.11. The van der Waals surface area contributed by atoms with Crippen LogP contribution in [0.1, 0.15) is 10.4 Å². The molecule has 0 bridgehead atoms. The fourth-order valence-corrected chi connectivity index (χ4v) is 0.984. The summed E-state index contributed by atoms with van der Waals surface area (Å²) in [5.74, 6) is -2.62. The number of rotatable bonds is 3. The van der Waals surface area contributed by atoms with Crippen molar-refractivity contribution in [2.45, 2.75) is 6.54 Å². The van der Waals surface area contributed by atoms with E-state index in [0.717, 1.165) is 23.0 Å². The van der Waals surface area contributed by atoms with Gasteiger partial charge in [-0.3, -0.25) is 0 Å². The van der Waals surface area contributed by atoms with Crippen LogP contribution in [0, 0.1) is 0 Å². The van der Waals surface area contributed by atoms with E-state index in [1.54, 1.807) is 0 Å². The zero-order valence-corrected chi connectivity index (χ0v) is 7.04. The first-order valence-corrected chi connectivity index (χ1v) is 3.67. The lowest BCUT2D eigenvalue weighted by molar-refractivity contribution is -0.686. The summed E-state index contributed by atoms with van der Waals surface area (Å²) in [4.78, 5) is 20.8. The summed E-state index contributed by atoms with van der Waals surface area (Å²) in [6.45, 7) is -0.394. The van der Waals surface area contributed by atoms with Crippen LogP contribution < -0.4 is 4.57 Å². The normalized spacial score (nSPS) is 9.71. The summed E-state index contributed by atoms with van der Waals surface area (Å²) < 4.78 is 1.08. The molecule has 0 atom stereocenters. The number of carboxylic acid groups (broad SMARTS) is 2. The molecule has 1 rings (SSSR count). The first-order valence-electron chi connectivity index (χ1n) is 3.67. The molecule has 0 aromatic carbocycles. The molecular weight excluding hydrogens is 190 g/mol. The minimum atomic E-state index is -1.22. The molecule has 1 heterocycles. The van der Waals surface area contributed by atoms with Gasteiger partial charge < -0.3 is 15.3 Å². The number of carboxylic acids is 2. The van der Waals surface area contributed by atoms with Crippen LogP contribution in [-0.4, -0.2) is 27.3 Å². The molecule has 0 radical (unpaired) electrons. The van der Waals surface area contributed by atoms with Crippen LogP contribution in [-0.2, 0) is 11.3 Å². The Bertz CT molecular complexity index is 387. The van der Waals surface area contributed by atoms with Crippen LogP contribution >= 0.6 is 0 Å². The van der Waals surface area contributed by atoms with Gasteiger partial charge in [-0.25, -0.2) is 9.59 Å². The Morgan fingerprint density at radius 2 is 1.93 bits per heavy atom. The Morgan fingerprint density at radius 3 is 2.43 bits per heavy atom. The van der Waals surface area contributed by atoms with Crippen molar-refractivity contribution in [2.75, 3.05) is 0 Å². The average Bonchev–Trinajstić information content (AvgIpc) is 2.01. The molecule has 14 heavy (non-hydrogen) atoms. The maximum atomic E-state index is 10.5. The molecule has 1 aromatic heterocycles. The van der Waals surface area contributed by atoms with E-state index in [-0.39, 0.29) is 11.3 Å². The predicted molar refractivity (Wildman–Crippen MR) is 42.9 cm³/mol. The van der Waals surface area contributed by atoms with Crippen molar-refractivity contribution in [3.8, 4) is 5.75 Å². The van der Waals surface area contributed by atoms with Crippen molar-refractivity contribution >= 4 is 11.9 Å². The number of aliphatic carboxylic acids is 1. The van der Waals surface area contributed by atoms with Crippen LogP contribution in [0.15, 0.2) is 18.5 Å². The molecular formula is C8H8NO5+. The molecule has 1 aromatic rings. The monoisotopic (exact) mass is 198 g/mol. The van der Waals surface area contributed by atoms with Crippen molar-refractivity contribution < 1.29 is 29.5 Å². The molecule has 0 aliphatic carbocycles. The van der Waals surface area contributed by atoms with E-state index in [4.69, 9.17) is 15.3 Å². The van der Waals surface area contributed by atoms with E-state index in [0.29, 0.717) is 0 Å². The summed E-state index contributed by atoms with van der Waals surface area (Å²) in [7, 11) is 0. The van der Waals surface area contributed by atoms with Crippen molar-refractivity contribution in [3.63, 3.8) is 0 Å². The number of hydrogen-bond acceptors (Lipinski definition) is 3. The van der Waals surface area contributed by atoms with Crippen LogP contribution in [0.2, 0.25) is 0 Å². The van der Waals surface area contributed by atoms with Crippen LogP contribution in [0.25, 0.3) is 0 Å². The highest BCUT2D eigenvalue weighted by molar-refractivity contribution is 5.87. The van der Waals surface area contributed by atoms with E-state index in [1.807, 2.05) is 0 Å². The van der Waals surface area contributed by atoms with E-state index >= 15 is 0 Å². The quantitative estimate of drug-likeness (QED) is 0.566. The zero-order chi connectivity index (χ0) is 10.7. The SMILES string of the molecule is O=C(O)C[n+]1cc(O)cc(C(=O)O)c1. The second-order valence-electron chi connectivity index (χ2n) is 2.65. The van der Waals surface area contributed by atoms with E-state index in [9.17, 15) is 9.59 Å². The Kier molecular flexibility index (Phi) is 2.66. The van der Waals surface area contributed by atoms with Gasteiger partial charge in [0.15, 0.2) is 11.9 Å². The third-order valence-electron chi connectivity index (χ3n) is 1.47. The Balaban J connectivity index is 3.07. The highest BCUT2D eigenvalue weighted by Crippen LogP contribution is 2.06. The number of aromatic hydroxyl groups is 1. The molecule has 0 saturated carbocycles. The summed E-state index contributed by atoms with van der Waals surface area (Å²) in [6.07, 6.45) is 2.27. The van der Waals surface area contributed by atoms with Crippen LogP contribution in [0.5, 0.6) is 5.75 Å². The lowest BCUT2D eigenvalue weighted by Crippen LogP contribution is -2.37. The standard InChI is InChI=1S/C8H7NO5/c10-6-1-5(8(13)14)2-9(3-6)4-7(11)12/h1-3H,4H2,(H2-,10,11,12,13,14)/p+1. The summed E-state index contributed by atoms with van der Waals surface area (Å²) in [6, 6.07) is 1.04. The third kappa shape index (κ3) is 2.44. The highest BCUT2D eigenvalue weighted by atomic mass is 16.4. The van der Waals surface area contributed by atoms with Crippen molar-refractivity contribution in [1.82, 2.24) is 0 Å². The van der Waals surface area contributed by atoms with Gasteiger partial charge in [0.25, 0.3) is 0 Å². The van der Waals surface area contributed by atoms with Gasteiger partial charge in [-0.2, -0.15) is 4.57 Å². The number of aromatic carboxylic acids is 1. The maximum absolute atomic E-state index is 10.5.